The predicted molar refractivity (Wildman–Crippen MR) is 94.7 cm³/mol. The van der Waals surface area contributed by atoms with Crippen LogP contribution in [0.3, 0.4) is 0 Å². The van der Waals surface area contributed by atoms with Gasteiger partial charge in [0, 0.05) is 25.2 Å². The SMILES string of the molecule is CC(C)c1cc(=O)n(CC(=O)Nc2cc(N3CCCC3)ncn2)cn1. The summed E-state index contributed by atoms with van der Waals surface area (Å²) in [6.07, 6.45) is 5.14. The van der Waals surface area contributed by atoms with Crippen LogP contribution in [0, 0.1) is 0 Å². The Morgan fingerprint density at radius 3 is 2.64 bits per heavy atom. The third-order valence-electron chi connectivity index (χ3n) is 4.16. The van der Waals surface area contributed by atoms with Crippen molar-refractivity contribution in [2.24, 2.45) is 0 Å². The van der Waals surface area contributed by atoms with Gasteiger partial charge in [0.1, 0.15) is 24.5 Å². The van der Waals surface area contributed by atoms with Crippen LogP contribution >= 0.6 is 0 Å². The van der Waals surface area contributed by atoms with Crippen molar-refractivity contribution in [3.63, 3.8) is 0 Å². The molecular formula is C17H22N6O2. The Hall–Kier alpha value is -2.77. The van der Waals surface area contributed by atoms with E-state index in [4.69, 9.17) is 0 Å². The third-order valence-corrected chi connectivity index (χ3v) is 4.16. The van der Waals surface area contributed by atoms with Crippen LogP contribution in [-0.4, -0.2) is 38.5 Å². The van der Waals surface area contributed by atoms with E-state index in [1.54, 1.807) is 6.07 Å². The zero-order valence-electron chi connectivity index (χ0n) is 14.5. The lowest BCUT2D eigenvalue weighted by molar-refractivity contribution is -0.116. The maximum Gasteiger partial charge on any atom is 0.254 e. The maximum atomic E-state index is 12.2. The predicted octanol–water partition coefficient (Wildman–Crippen LogP) is 1.40. The summed E-state index contributed by atoms with van der Waals surface area (Å²) in [4.78, 5) is 39.0. The van der Waals surface area contributed by atoms with Crippen LogP contribution in [-0.2, 0) is 11.3 Å². The second kappa shape index (κ2) is 7.42. The number of amides is 1. The molecule has 1 saturated heterocycles. The van der Waals surface area contributed by atoms with Gasteiger partial charge in [0.15, 0.2) is 0 Å². The van der Waals surface area contributed by atoms with Crippen molar-refractivity contribution in [2.45, 2.75) is 39.2 Å². The van der Waals surface area contributed by atoms with Crippen molar-refractivity contribution in [1.29, 1.82) is 0 Å². The molecule has 25 heavy (non-hydrogen) atoms. The lowest BCUT2D eigenvalue weighted by Gasteiger charge is -2.16. The van der Waals surface area contributed by atoms with E-state index >= 15 is 0 Å². The molecule has 3 rings (SSSR count). The zero-order chi connectivity index (χ0) is 17.8. The minimum atomic E-state index is -0.327. The smallest absolute Gasteiger partial charge is 0.254 e. The Morgan fingerprint density at radius 2 is 1.96 bits per heavy atom. The number of aromatic nitrogens is 4. The number of hydrogen-bond donors (Lipinski definition) is 1. The van der Waals surface area contributed by atoms with Crippen LogP contribution in [0.2, 0.25) is 0 Å². The minimum absolute atomic E-state index is 0.104. The molecular weight excluding hydrogens is 320 g/mol. The van der Waals surface area contributed by atoms with Crippen molar-refractivity contribution >= 4 is 17.5 Å². The molecule has 0 spiro atoms. The normalized spacial score (nSPS) is 14.1. The van der Waals surface area contributed by atoms with Crippen LogP contribution in [0.25, 0.3) is 0 Å². The summed E-state index contributed by atoms with van der Waals surface area (Å²) in [5.74, 6) is 1.08. The highest BCUT2D eigenvalue weighted by Crippen LogP contribution is 2.19. The van der Waals surface area contributed by atoms with Gasteiger partial charge in [0.2, 0.25) is 5.91 Å². The molecule has 2 aromatic heterocycles. The van der Waals surface area contributed by atoms with E-state index in [9.17, 15) is 9.59 Å². The number of hydrogen-bond acceptors (Lipinski definition) is 6. The van der Waals surface area contributed by atoms with Gasteiger partial charge >= 0.3 is 0 Å². The molecule has 0 bridgehead atoms. The van der Waals surface area contributed by atoms with Gasteiger partial charge in [0.25, 0.3) is 5.56 Å². The molecule has 1 amide bonds. The molecule has 132 valence electrons. The molecule has 0 saturated carbocycles. The number of carbonyl (C=O) groups is 1. The average molecular weight is 342 g/mol. The largest absolute Gasteiger partial charge is 0.356 e. The van der Waals surface area contributed by atoms with E-state index in [1.807, 2.05) is 13.8 Å². The summed E-state index contributed by atoms with van der Waals surface area (Å²) in [7, 11) is 0. The third kappa shape index (κ3) is 4.20. The van der Waals surface area contributed by atoms with Crippen LogP contribution in [0.5, 0.6) is 0 Å². The lowest BCUT2D eigenvalue weighted by Crippen LogP contribution is -2.28. The summed E-state index contributed by atoms with van der Waals surface area (Å²) in [6.45, 7) is 5.76. The van der Waals surface area contributed by atoms with Gasteiger partial charge < -0.3 is 10.2 Å². The van der Waals surface area contributed by atoms with Crippen molar-refractivity contribution in [3.05, 3.63) is 40.8 Å². The van der Waals surface area contributed by atoms with E-state index in [0.29, 0.717) is 11.5 Å². The molecule has 1 N–H and O–H groups in total. The fourth-order valence-electron chi connectivity index (χ4n) is 2.75. The van der Waals surface area contributed by atoms with Crippen LogP contribution in [0.4, 0.5) is 11.6 Å². The first kappa shape index (κ1) is 17.1. The van der Waals surface area contributed by atoms with Crippen LogP contribution < -0.4 is 15.8 Å². The first-order valence-corrected chi connectivity index (χ1v) is 8.46. The molecule has 1 aliphatic rings. The van der Waals surface area contributed by atoms with Gasteiger partial charge in [-0.15, -0.1) is 0 Å². The lowest BCUT2D eigenvalue weighted by atomic mass is 10.1. The molecule has 0 atom stereocenters. The van der Waals surface area contributed by atoms with Crippen molar-refractivity contribution in [2.75, 3.05) is 23.3 Å². The van der Waals surface area contributed by atoms with Gasteiger partial charge in [-0.25, -0.2) is 15.0 Å². The fraction of sp³-hybridized carbons (Fsp3) is 0.471. The summed E-state index contributed by atoms with van der Waals surface area (Å²) < 4.78 is 1.28. The van der Waals surface area contributed by atoms with Gasteiger partial charge in [-0.05, 0) is 18.8 Å². The van der Waals surface area contributed by atoms with Crippen LogP contribution in [0.1, 0.15) is 38.3 Å². The van der Waals surface area contributed by atoms with Gasteiger partial charge in [-0.3, -0.25) is 14.2 Å². The van der Waals surface area contributed by atoms with Crippen molar-refractivity contribution in [3.8, 4) is 0 Å². The molecule has 0 aromatic carbocycles. The molecule has 3 heterocycles. The highest BCUT2D eigenvalue weighted by Gasteiger charge is 2.15. The summed E-state index contributed by atoms with van der Waals surface area (Å²) in [5.41, 5.74) is 0.474. The van der Waals surface area contributed by atoms with E-state index in [2.05, 4.69) is 25.2 Å². The minimum Gasteiger partial charge on any atom is -0.356 e. The Kier molecular flexibility index (Phi) is 5.06. The van der Waals surface area contributed by atoms with Gasteiger partial charge in [-0.1, -0.05) is 13.8 Å². The molecule has 0 radical (unpaired) electrons. The van der Waals surface area contributed by atoms with Crippen molar-refractivity contribution < 1.29 is 4.79 Å². The Bertz CT molecular complexity index is 811. The highest BCUT2D eigenvalue weighted by molar-refractivity contribution is 5.89. The molecule has 0 aliphatic carbocycles. The quantitative estimate of drug-likeness (QED) is 0.883. The highest BCUT2D eigenvalue weighted by atomic mass is 16.2. The van der Waals surface area contributed by atoms with E-state index < -0.39 is 0 Å². The number of anilines is 2. The number of rotatable bonds is 5. The molecule has 0 unspecified atom stereocenters. The standard InChI is InChI=1S/C17H22N6O2/c1-12(2)13-7-17(25)23(11-20-13)9-16(24)21-14-8-15(19-10-18-14)22-5-3-4-6-22/h7-8,10-12H,3-6,9H2,1-2H3,(H,18,19,21,24). The van der Waals surface area contributed by atoms with Crippen molar-refractivity contribution in [1.82, 2.24) is 19.5 Å². The van der Waals surface area contributed by atoms with Gasteiger partial charge in [-0.2, -0.15) is 0 Å². The molecule has 1 fully saturated rings. The summed E-state index contributed by atoms with van der Waals surface area (Å²) >= 11 is 0. The van der Waals surface area contributed by atoms with E-state index in [0.717, 1.165) is 31.7 Å². The summed E-state index contributed by atoms with van der Waals surface area (Å²) in [5, 5.41) is 2.71. The second-order valence-corrected chi connectivity index (χ2v) is 6.44. The van der Waals surface area contributed by atoms with E-state index in [1.165, 1.54) is 23.3 Å². The second-order valence-electron chi connectivity index (χ2n) is 6.44. The van der Waals surface area contributed by atoms with E-state index in [-0.39, 0.29) is 23.9 Å². The Balaban J connectivity index is 1.66. The number of nitrogens with one attached hydrogen (secondary N) is 1. The first-order valence-electron chi connectivity index (χ1n) is 8.46. The molecule has 2 aromatic rings. The average Bonchev–Trinajstić information content (AvgIpc) is 3.11. The monoisotopic (exact) mass is 342 g/mol. The maximum absolute atomic E-state index is 12.2. The number of nitrogens with zero attached hydrogens (tertiary/aromatic N) is 5. The number of carbonyl (C=O) groups excluding carboxylic acids is 1. The topological polar surface area (TPSA) is 93.0 Å². The molecule has 1 aliphatic heterocycles. The first-order chi connectivity index (χ1) is 12.0. The zero-order valence-corrected chi connectivity index (χ0v) is 14.5. The fourth-order valence-corrected chi connectivity index (χ4v) is 2.75. The Morgan fingerprint density at radius 1 is 1.20 bits per heavy atom. The molecule has 8 heteroatoms. The Labute approximate surface area is 145 Å². The van der Waals surface area contributed by atoms with Gasteiger partial charge in [0.05, 0.1) is 12.0 Å². The summed E-state index contributed by atoms with van der Waals surface area (Å²) in [6, 6.07) is 3.22. The van der Waals surface area contributed by atoms with Crippen LogP contribution in [0.15, 0.2) is 29.6 Å². The molecule has 8 nitrogen and oxygen atoms in total.